The Hall–Kier alpha value is -2.26. The molecule has 0 bridgehead atoms. The number of rotatable bonds is 1. The van der Waals surface area contributed by atoms with Crippen LogP contribution in [0.1, 0.15) is 28.6 Å². The highest BCUT2D eigenvalue weighted by atomic mass is 32.2. The SMILES string of the molecule is c1coc([C@H]2Sc3ccccc3N=C3c4ccccc4CC[C@H]32)c1. The largest absolute Gasteiger partial charge is 0.468 e. The highest BCUT2D eigenvalue weighted by molar-refractivity contribution is 7.99. The van der Waals surface area contributed by atoms with Crippen molar-refractivity contribution in [2.75, 3.05) is 0 Å². The molecule has 2 aromatic carbocycles. The summed E-state index contributed by atoms with van der Waals surface area (Å²) >= 11 is 1.89. The second-order valence-corrected chi connectivity index (χ2v) is 7.50. The lowest BCUT2D eigenvalue weighted by Crippen LogP contribution is -2.26. The summed E-state index contributed by atoms with van der Waals surface area (Å²) in [7, 11) is 0. The van der Waals surface area contributed by atoms with Gasteiger partial charge in [-0.2, -0.15) is 0 Å². The summed E-state index contributed by atoms with van der Waals surface area (Å²) in [6, 6.07) is 21.2. The molecule has 1 aliphatic carbocycles. The molecule has 24 heavy (non-hydrogen) atoms. The van der Waals surface area contributed by atoms with E-state index in [1.54, 1.807) is 6.26 Å². The van der Waals surface area contributed by atoms with Crippen LogP contribution in [0.25, 0.3) is 0 Å². The fraction of sp³-hybridized carbons (Fsp3) is 0.190. The zero-order chi connectivity index (χ0) is 15.9. The number of furan rings is 1. The van der Waals surface area contributed by atoms with Gasteiger partial charge in [0.2, 0.25) is 0 Å². The molecule has 2 aliphatic rings. The topological polar surface area (TPSA) is 25.5 Å². The zero-order valence-corrected chi connectivity index (χ0v) is 14.0. The van der Waals surface area contributed by atoms with Crippen LogP contribution in [0.5, 0.6) is 0 Å². The molecule has 0 spiro atoms. The number of fused-ring (bicyclic) bond motifs is 4. The van der Waals surface area contributed by atoms with Crippen molar-refractivity contribution in [3.05, 3.63) is 83.8 Å². The van der Waals surface area contributed by atoms with Gasteiger partial charge in [0.1, 0.15) is 5.76 Å². The maximum atomic E-state index is 5.80. The summed E-state index contributed by atoms with van der Waals surface area (Å²) < 4.78 is 5.80. The van der Waals surface area contributed by atoms with Crippen LogP contribution in [-0.2, 0) is 6.42 Å². The van der Waals surface area contributed by atoms with Gasteiger partial charge in [-0.05, 0) is 48.2 Å². The summed E-state index contributed by atoms with van der Waals surface area (Å²) in [5.74, 6) is 1.43. The lowest BCUT2D eigenvalue weighted by Gasteiger charge is -2.30. The summed E-state index contributed by atoms with van der Waals surface area (Å²) in [5.41, 5.74) is 5.02. The van der Waals surface area contributed by atoms with Gasteiger partial charge in [-0.3, -0.25) is 4.99 Å². The van der Waals surface area contributed by atoms with Gasteiger partial charge in [0, 0.05) is 10.8 Å². The fourth-order valence-electron chi connectivity index (χ4n) is 3.78. The van der Waals surface area contributed by atoms with Crippen LogP contribution in [0.15, 0.2) is 81.2 Å². The van der Waals surface area contributed by atoms with Gasteiger partial charge in [0.15, 0.2) is 0 Å². The number of aryl methyl sites for hydroxylation is 1. The van der Waals surface area contributed by atoms with E-state index in [2.05, 4.69) is 54.6 Å². The summed E-state index contributed by atoms with van der Waals surface area (Å²) in [4.78, 5) is 6.35. The second-order valence-electron chi connectivity index (χ2n) is 6.32. The van der Waals surface area contributed by atoms with Crippen LogP contribution in [0.3, 0.4) is 0 Å². The first kappa shape index (κ1) is 14.1. The molecule has 1 aliphatic heterocycles. The molecule has 0 N–H and O–H groups in total. The van der Waals surface area contributed by atoms with E-state index >= 15 is 0 Å². The van der Waals surface area contributed by atoms with E-state index < -0.39 is 0 Å². The Labute approximate surface area is 145 Å². The lowest BCUT2D eigenvalue weighted by molar-refractivity contribution is 0.465. The third-order valence-electron chi connectivity index (χ3n) is 4.92. The normalized spacial score (nSPS) is 21.9. The summed E-state index contributed by atoms with van der Waals surface area (Å²) in [6.45, 7) is 0. The van der Waals surface area contributed by atoms with Crippen molar-refractivity contribution < 1.29 is 4.42 Å². The Morgan fingerprint density at radius 2 is 1.83 bits per heavy atom. The average molecular weight is 331 g/mol. The molecule has 3 heteroatoms. The molecule has 0 unspecified atom stereocenters. The molecule has 0 radical (unpaired) electrons. The van der Waals surface area contributed by atoms with Crippen molar-refractivity contribution in [3.8, 4) is 0 Å². The van der Waals surface area contributed by atoms with E-state index in [1.165, 1.54) is 21.7 Å². The number of hydrogen-bond acceptors (Lipinski definition) is 3. The van der Waals surface area contributed by atoms with E-state index in [4.69, 9.17) is 9.41 Å². The number of thioether (sulfide) groups is 1. The predicted octanol–water partition coefficient (Wildman–Crippen LogP) is 5.81. The highest BCUT2D eigenvalue weighted by Gasteiger charge is 2.37. The van der Waals surface area contributed by atoms with E-state index in [9.17, 15) is 0 Å². The Bertz CT molecular complexity index is 913. The molecule has 0 fully saturated rings. The van der Waals surface area contributed by atoms with Crippen molar-refractivity contribution >= 4 is 23.2 Å². The van der Waals surface area contributed by atoms with Crippen LogP contribution in [-0.4, -0.2) is 5.71 Å². The van der Waals surface area contributed by atoms with E-state index in [1.807, 2.05) is 17.8 Å². The van der Waals surface area contributed by atoms with Crippen molar-refractivity contribution in [3.63, 3.8) is 0 Å². The van der Waals surface area contributed by atoms with Crippen LogP contribution in [0, 0.1) is 5.92 Å². The third-order valence-corrected chi connectivity index (χ3v) is 6.33. The van der Waals surface area contributed by atoms with Crippen molar-refractivity contribution in [2.24, 2.45) is 10.9 Å². The van der Waals surface area contributed by atoms with Crippen molar-refractivity contribution in [1.29, 1.82) is 0 Å². The smallest absolute Gasteiger partial charge is 0.117 e. The second kappa shape index (κ2) is 5.67. The third kappa shape index (κ3) is 2.23. The molecule has 118 valence electrons. The molecule has 3 aromatic rings. The number of hydrogen-bond donors (Lipinski definition) is 0. The van der Waals surface area contributed by atoms with Crippen LogP contribution in [0.2, 0.25) is 0 Å². The molecule has 2 atom stereocenters. The number of para-hydroxylation sites is 1. The van der Waals surface area contributed by atoms with Gasteiger partial charge >= 0.3 is 0 Å². The quantitative estimate of drug-likeness (QED) is 0.562. The summed E-state index contributed by atoms with van der Waals surface area (Å²) in [5, 5.41) is 0.274. The van der Waals surface area contributed by atoms with Crippen molar-refractivity contribution in [1.82, 2.24) is 0 Å². The average Bonchev–Trinajstić information content (AvgIpc) is 3.10. The summed E-state index contributed by atoms with van der Waals surface area (Å²) in [6.07, 6.45) is 4.00. The number of aliphatic imine (C=N–C) groups is 1. The molecule has 0 amide bonds. The van der Waals surface area contributed by atoms with E-state index in [-0.39, 0.29) is 5.25 Å². The van der Waals surface area contributed by atoms with Gasteiger partial charge in [0.05, 0.1) is 22.9 Å². The first-order chi connectivity index (χ1) is 11.9. The first-order valence-corrected chi connectivity index (χ1v) is 9.24. The molecule has 2 heterocycles. The molecule has 0 saturated heterocycles. The van der Waals surface area contributed by atoms with Crippen LogP contribution < -0.4 is 0 Å². The Morgan fingerprint density at radius 3 is 2.75 bits per heavy atom. The zero-order valence-electron chi connectivity index (χ0n) is 13.2. The highest BCUT2D eigenvalue weighted by Crippen LogP contribution is 2.51. The van der Waals surface area contributed by atoms with E-state index in [0.717, 1.165) is 24.3 Å². The van der Waals surface area contributed by atoms with Crippen LogP contribution in [0.4, 0.5) is 5.69 Å². The van der Waals surface area contributed by atoms with Gasteiger partial charge in [-0.25, -0.2) is 0 Å². The van der Waals surface area contributed by atoms with E-state index in [0.29, 0.717) is 5.92 Å². The minimum Gasteiger partial charge on any atom is -0.468 e. The van der Waals surface area contributed by atoms with Gasteiger partial charge in [-0.1, -0.05) is 36.4 Å². The maximum Gasteiger partial charge on any atom is 0.117 e. The Kier molecular flexibility index (Phi) is 3.34. The molecular formula is C21H17NOS. The molecule has 5 rings (SSSR count). The molecule has 0 saturated carbocycles. The minimum atomic E-state index is 0.274. The molecular weight excluding hydrogens is 314 g/mol. The predicted molar refractivity (Wildman–Crippen MR) is 98.2 cm³/mol. The lowest BCUT2D eigenvalue weighted by atomic mass is 9.79. The Morgan fingerprint density at radius 1 is 0.958 bits per heavy atom. The standard InChI is InChI=1S/C21H17NOS/c1-2-7-15-14(6-1)11-12-16-20(15)22-17-8-3-4-10-19(17)24-21(16)18-9-5-13-23-18/h1-10,13,16,21H,11-12H2/t16-,21+/m1/s1. The first-order valence-electron chi connectivity index (χ1n) is 8.36. The number of nitrogens with zero attached hydrogens (tertiary/aromatic N) is 1. The molecule has 2 nitrogen and oxygen atoms in total. The molecule has 1 aromatic heterocycles. The van der Waals surface area contributed by atoms with Crippen molar-refractivity contribution in [2.45, 2.75) is 23.0 Å². The minimum absolute atomic E-state index is 0.274. The Balaban J connectivity index is 1.73. The van der Waals surface area contributed by atoms with Gasteiger partial charge in [-0.15, -0.1) is 11.8 Å². The number of benzene rings is 2. The fourth-order valence-corrected chi connectivity index (χ4v) is 5.13. The van der Waals surface area contributed by atoms with Crippen LogP contribution >= 0.6 is 11.8 Å². The monoisotopic (exact) mass is 331 g/mol. The van der Waals surface area contributed by atoms with Gasteiger partial charge in [0.25, 0.3) is 0 Å². The van der Waals surface area contributed by atoms with Gasteiger partial charge < -0.3 is 4.42 Å². The maximum absolute atomic E-state index is 5.80.